The number of ether oxygens (including phenoxy) is 1. The second-order valence-electron chi connectivity index (χ2n) is 13.1. The maximum atomic E-state index is 14.4. The number of halogens is 1. The summed E-state index contributed by atoms with van der Waals surface area (Å²) in [6.07, 6.45) is 6.60. The molecular weight excluding hydrogens is 589 g/mol. The normalized spacial score (nSPS) is 20.5. The van der Waals surface area contributed by atoms with E-state index in [2.05, 4.69) is 16.0 Å². The van der Waals surface area contributed by atoms with Gasteiger partial charge < -0.3 is 30.5 Å². The highest BCUT2D eigenvalue weighted by molar-refractivity contribution is 6.00. The number of carbonyl (C=O) groups excluding carboxylic acids is 4. The molecule has 3 aliphatic rings. The van der Waals surface area contributed by atoms with Crippen LogP contribution in [-0.4, -0.2) is 84.8 Å². The first-order chi connectivity index (χ1) is 22.1. The molecule has 1 saturated carbocycles. The van der Waals surface area contributed by atoms with Crippen molar-refractivity contribution >= 4 is 29.3 Å². The number of benzene rings is 2. The third kappa shape index (κ3) is 8.23. The number of hydrogen-bond acceptors (Lipinski definition) is 6. The molecule has 46 heavy (non-hydrogen) atoms. The molecule has 5 rings (SSSR count). The Hall–Kier alpha value is -3.99. The lowest BCUT2D eigenvalue weighted by Crippen LogP contribution is -2.61. The van der Waals surface area contributed by atoms with E-state index in [4.69, 9.17) is 4.74 Å². The smallest absolute Gasteiger partial charge is 0.254 e. The highest BCUT2D eigenvalue weighted by Crippen LogP contribution is 2.39. The molecule has 2 heterocycles. The molecule has 2 aliphatic heterocycles. The first-order valence-electron chi connectivity index (χ1n) is 16.6. The fourth-order valence-electron chi connectivity index (χ4n) is 6.62. The number of anilines is 1. The van der Waals surface area contributed by atoms with E-state index in [1.54, 1.807) is 11.0 Å². The van der Waals surface area contributed by atoms with Gasteiger partial charge in [0.05, 0.1) is 6.54 Å². The number of piperazine rings is 1. The minimum atomic E-state index is -0.939. The number of amides is 4. The van der Waals surface area contributed by atoms with Crippen LogP contribution in [0.3, 0.4) is 0 Å². The van der Waals surface area contributed by atoms with Gasteiger partial charge in [-0.3, -0.25) is 19.2 Å². The Morgan fingerprint density at radius 3 is 2.46 bits per heavy atom. The van der Waals surface area contributed by atoms with Crippen LogP contribution in [0.2, 0.25) is 0 Å². The topological polar surface area (TPSA) is 120 Å². The lowest BCUT2D eigenvalue weighted by atomic mass is 9.83. The van der Waals surface area contributed by atoms with E-state index in [0.717, 1.165) is 68.6 Å². The molecule has 0 spiro atoms. The highest BCUT2D eigenvalue weighted by Gasteiger charge is 2.38. The lowest BCUT2D eigenvalue weighted by Gasteiger charge is -2.41. The van der Waals surface area contributed by atoms with Gasteiger partial charge >= 0.3 is 0 Å². The number of rotatable bonds is 9. The first kappa shape index (κ1) is 33.4. The largest absolute Gasteiger partial charge is 0.489 e. The Bertz CT molecular complexity index is 1440. The maximum Gasteiger partial charge on any atom is 0.254 e. The summed E-state index contributed by atoms with van der Waals surface area (Å²) >= 11 is 0. The van der Waals surface area contributed by atoms with Gasteiger partial charge in [-0.2, -0.15) is 0 Å². The second-order valence-corrected chi connectivity index (χ2v) is 13.1. The molecule has 4 amide bonds. The van der Waals surface area contributed by atoms with Crippen LogP contribution >= 0.6 is 0 Å². The standard InChI is InChI=1S/C35H46FN5O5/c1-22(2)19-38-33(43)31-21-40(34(44)26-15-27(36)18-28(16-26)39-23(3)42)13-14-41(31)35(45)25-9-10-32(46-29-11-12-37-20-29)30(17-25)24-7-5-4-6-8-24/h9-10,15-18,22,24,29,31,37H,4-8,11-14,19-21H2,1-3H3,(H,38,43)(H,39,42)/t29-,31?/m0/s1. The van der Waals surface area contributed by atoms with E-state index in [-0.39, 0.29) is 60.6 Å². The van der Waals surface area contributed by atoms with Crippen molar-refractivity contribution in [3.8, 4) is 5.75 Å². The number of hydrogen-bond donors (Lipinski definition) is 3. The quantitative estimate of drug-likeness (QED) is 0.378. The third-order valence-electron chi connectivity index (χ3n) is 8.99. The van der Waals surface area contributed by atoms with Crippen LogP contribution in [-0.2, 0) is 9.59 Å². The van der Waals surface area contributed by atoms with Gasteiger partial charge in [-0.1, -0.05) is 33.1 Å². The Kier molecular flexibility index (Phi) is 10.9. The highest BCUT2D eigenvalue weighted by atomic mass is 19.1. The molecule has 1 aliphatic carbocycles. The Morgan fingerprint density at radius 2 is 1.76 bits per heavy atom. The van der Waals surface area contributed by atoms with E-state index >= 15 is 0 Å². The summed E-state index contributed by atoms with van der Waals surface area (Å²) in [6, 6.07) is 8.36. The second kappa shape index (κ2) is 15.1. The Morgan fingerprint density at radius 1 is 0.978 bits per heavy atom. The zero-order valence-electron chi connectivity index (χ0n) is 27.1. The van der Waals surface area contributed by atoms with E-state index in [1.165, 1.54) is 24.3 Å². The van der Waals surface area contributed by atoms with Gasteiger partial charge in [0, 0.05) is 49.9 Å². The van der Waals surface area contributed by atoms with Crippen LogP contribution in [0.5, 0.6) is 5.75 Å². The lowest BCUT2D eigenvalue weighted by molar-refractivity contribution is -0.127. The minimum Gasteiger partial charge on any atom is -0.489 e. The van der Waals surface area contributed by atoms with Crippen LogP contribution < -0.4 is 20.7 Å². The number of nitrogens with zero attached hydrogens (tertiary/aromatic N) is 2. The van der Waals surface area contributed by atoms with E-state index in [9.17, 15) is 23.6 Å². The molecule has 3 fully saturated rings. The van der Waals surface area contributed by atoms with Crippen molar-refractivity contribution < 1.29 is 28.3 Å². The van der Waals surface area contributed by atoms with Crippen LogP contribution in [0.15, 0.2) is 36.4 Å². The molecule has 11 heteroatoms. The van der Waals surface area contributed by atoms with Gasteiger partial charge in [0.1, 0.15) is 23.7 Å². The Balaban J connectivity index is 1.40. The SMILES string of the molecule is CC(=O)Nc1cc(F)cc(C(=O)N2CCN(C(=O)c3ccc(O[C@H]4CCNC4)c(C4CCCCC4)c3)C(C(=O)NCC(C)C)C2)c1. The predicted octanol–water partition coefficient (Wildman–Crippen LogP) is 4.31. The van der Waals surface area contributed by atoms with Crippen molar-refractivity contribution in [1.82, 2.24) is 20.4 Å². The molecule has 1 unspecified atom stereocenters. The van der Waals surface area contributed by atoms with Gasteiger partial charge in [0.25, 0.3) is 11.8 Å². The monoisotopic (exact) mass is 635 g/mol. The van der Waals surface area contributed by atoms with Crippen LogP contribution in [0.1, 0.15) is 91.5 Å². The summed E-state index contributed by atoms with van der Waals surface area (Å²) in [5.74, 6) is -0.844. The van der Waals surface area contributed by atoms with Crippen LogP contribution in [0, 0.1) is 11.7 Å². The van der Waals surface area contributed by atoms with Crippen molar-refractivity contribution in [3.05, 3.63) is 58.9 Å². The van der Waals surface area contributed by atoms with Gasteiger partial charge in [-0.05, 0) is 79.6 Å². The number of carbonyl (C=O) groups is 4. The summed E-state index contributed by atoms with van der Waals surface area (Å²) in [4.78, 5) is 55.9. The maximum absolute atomic E-state index is 14.4. The van der Waals surface area contributed by atoms with Crippen molar-refractivity contribution in [2.24, 2.45) is 5.92 Å². The van der Waals surface area contributed by atoms with Crippen molar-refractivity contribution in [1.29, 1.82) is 0 Å². The van der Waals surface area contributed by atoms with E-state index in [1.807, 2.05) is 26.0 Å². The van der Waals surface area contributed by atoms with Gasteiger partial charge in [-0.25, -0.2) is 4.39 Å². The predicted molar refractivity (Wildman–Crippen MR) is 173 cm³/mol. The molecule has 2 aromatic carbocycles. The summed E-state index contributed by atoms with van der Waals surface area (Å²) in [7, 11) is 0. The summed E-state index contributed by atoms with van der Waals surface area (Å²) in [6.45, 7) is 7.64. The van der Waals surface area contributed by atoms with Gasteiger partial charge in [-0.15, -0.1) is 0 Å². The molecule has 0 radical (unpaired) electrons. The molecule has 2 atom stereocenters. The summed E-state index contributed by atoms with van der Waals surface area (Å²) < 4.78 is 20.8. The first-order valence-corrected chi connectivity index (χ1v) is 16.6. The molecule has 0 bridgehead atoms. The van der Waals surface area contributed by atoms with Crippen molar-refractivity contribution in [3.63, 3.8) is 0 Å². The van der Waals surface area contributed by atoms with Gasteiger partial charge in [0.2, 0.25) is 11.8 Å². The average Bonchev–Trinajstić information content (AvgIpc) is 3.56. The fourth-order valence-corrected chi connectivity index (χ4v) is 6.62. The van der Waals surface area contributed by atoms with Crippen molar-refractivity contribution in [2.45, 2.75) is 77.4 Å². The van der Waals surface area contributed by atoms with E-state index in [0.29, 0.717) is 18.0 Å². The zero-order chi connectivity index (χ0) is 32.8. The Labute approximate surface area is 270 Å². The molecule has 2 aromatic rings. The molecule has 0 aromatic heterocycles. The van der Waals surface area contributed by atoms with Crippen molar-refractivity contribution in [2.75, 3.05) is 44.6 Å². The molecule has 3 N–H and O–H groups in total. The zero-order valence-corrected chi connectivity index (χ0v) is 27.1. The molecule has 248 valence electrons. The minimum absolute atomic E-state index is 0.0498. The van der Waals surface area contributed by atoms with Crippen LogP contribution in [0.25, 0.3) is 0 Å². The van der Waals surface area contributed by atoms with Gasteiger partial charge in [0.15, 0.2) is 0 Å². The van der Waals surface area contributed by atoms with Crippen LogP contribution in [0.4, 0.5) is 10.1 Å². The fraction of sp³-hybridized carbons (Fsp3) is 0.543. The molecular formula is C35H46FN5O5. The molecule has 10 nitrogen and oxygen atoms in total. The summed E-state index contributed by atoms with van der Waals surface area (Å²) in [5, 5.41) is 8.79. The summed E-state index contributed by atoms with van der Waals surface area (Å²) in [5.41, 5.74) is 1.76. The number of nitrogens with one attached hydrogen (secondary N) is 3. The third-order valence-corrected chi connectivity index (χ3v) is 8.99. The van der Waals surface area contributed by atoms with E-state index < -0.39 is 17.8 Å². The average molecular weight is 636 g/mol. The molecule has 2 saturated heterocycles.